The van der Waals surface area contributed by atoms with Crippen LogP contribution in [-0.4, -0.2) is 37.9 Å². The summed E-state index contributed by atoms with van der Waals surface area (Å²) >= 11 is 5.70. The zero-order chi connectivity index (χ0) is 14.4. The average molecular weight is 319 g/mol. The van der Waals surface area contributed by atoms with Crippen molar-refractivity contribution < 1.29 is 12.8 Å². The molecule has 1 aromatic rings. The molecule has 1 spiro atoms. The number of benzene rings is 1. The second-order valence-corrected chi connectivity index (χ2v) is 7.59. The average Bonchev–Trinajstić information content (AvgIpc) is 2.41. The molecule has 2 saturated heterocycles. The number of hydrogen-bond acceptors (Lipinski definition) is 3. The van der Waals surface area contributed by atoms with Gasteiger partial charge in [0.2, 0.25) is 10.0 Å². The van der Waals surface area contributed by atoms with Crippen molar-refractivity contribution in [3.63, 3.8) is 0 Å². The highest BCUT2D eigenvalue weighted by Crippen LogP contribution is 2.42. The fraction of sp³-hybridized carbons (Fsp3) is 0.538. The van der Waals surface area contributed by atoms with Crippen LogP contribution in [0, 0.1) is 5.82 Å². The van der Waals surface area contributed by atoms with Crippen molar-refractivity contribution in [3.8, 4) is 0 Å². The Kier molecular flexibility index (Phi) is 3.52. The fourth-order valence-corrected chi connectivity index (χ4v) is 5.26. The Balaban J connectivity index is 1.98. The van der Waals surface area contributed by atoms with Crippen molar-refractivity contribution in [1.29, 1.82) is 0 Å². The summed E-state index contributed by atoms with van der Waals surface area (Å²) in [7, 11) is -3.82. The van der Waals surface area contributed by atoms with Crippen LogP contribution >= 0.6 is 11.6 Å². The minimum absolute atomic E-state index is 0.161. The lowest BCUT2D eigenvalue weighted by Gasteiger charge is -2.53. The van der Waals surface area contributed by atoms with E-state index in [0.29, 0.717) is 6.54 Å². The van der Waals surface area contributed by atoms with E-state index in [9.17, 15) is 12.8 Å². The van der Waals surface area contributed by atoms with Crippen molar-refractivity contribution in [1.82, 2.24) is 9.62 Å². The van der Waals surface area contributed by atoms with Crippen LogP contribution in [0.5, 0.6) is 0 Å². The summed E-state index contributed by atoms with van der Waals surface area (Å²) in [5.41, 5.74) is -0.334. The SMILES string of the molecule is O=S(=O)(c1cccc(Cl)c1F)N1CCC12CCNCC2. The minimum Gasteiger partial charge on any atom is -0.317 e. The summed E-state index contributed by atoms with van der Waals surface area (Å²) in [6, 6.07) is 4.10. The maximum atomic E-state index is 14.0. The van der Waals surface area contributed by atoms with Gasteiger partial charge >= 0.3 is 0 Å². The number of hydrogen-bond donors (Lipinski definition) is 1. The quantitative estimate of drug-likeness (QED) is 0.907. The van der Waals surface area contributed by atoms with E-state index in [1.165, 1.54) is 22.5 Å². The molecule has 0 atom stereocenters. The van der Waals surface area contributed by atoms with Gasteiger partial charge in [-0.2, -0.15) is 4.31 Å². The summed E-state index contributed by atoms with van der Waals surface area (Å²) in [6.07, 6.45) is 2.39. The first kappa shape index (κ1) is 14.3. The molecule has 7 heteroatoms. The van der Waals surface area contributed by atoms with Crippen molar-refractivity contribution in [2.45, 2.75) is 29.7 Å². The maximum Gasteiger partial charge on any atom is 0.246 e. The first-order valence-corrected chi connectivity index (χ1v) is 8.47. The molecule has 110 valence electrons. The van der Waals surface area contributed by atoms with Crippen molar-refractivity contribution >= 4 is 21.6 Å². The zero-order valence-electron chi connectivity index (χ0n) is 10.9. The molecule has 20 heavy (non-hydrogen) atoms. The van der Waals surface area contributed by atoms with Gasteiger partial charge in [-0.15, -0.1) is 0 Å². The van der Waals surface area contributed by atoms with E-state index in [2.05, 4.69) is 5.32 Å². The van der Waals surface area contributed by atoms with Crippen molar-refractivity contribution in [3.05, 3.63) is 29.0 Å². The maximum absolute atomic E-state index is 14.0. The van der Waals surface area contributed by atoms with Crippen LogP contribution in [0.3, 0.4) is 0 Å². The Morgan fingerprint density at radius 3 is 2.55 bits per heavy atom. The topological polar surface area (TPSA) is 49.4 Å². The molecule has 0 radical (unpaired) electrons. The third-order valence-electron chi connectivity index (χ3n) is 4.33. The van der Waals surface area contributed by atoms with Crippen LogP contribution in [0.25, 0.3) is 0 Å². The van der Waals surface area contributed by atoms with E-state index in [1.54, 1.807) is 0 Å². The molecule has 2 heterocycles. The number of nitrogens with one attached hydrogen (secondary N) is 1. The van der Waals surface area contributed by atoms with Crippen LogP contribution in [-0.2, 0) is 10.0 Å². The van der Waals surface area contributed by atoms with Gasteiger partial charge in [0, 0.05) is 12.1 Å². The molecule has 2 fully saturated rings. The second-order valence-electron chi connectivity index (χ2n) is 5.35. The molecule has 0 aliphatic carbocycles. The first-order valence-electron chi connectivity index (χ1n) is 6.65. The molecule has 2 aliphatic heterocycles. The molecule has 1 N–H and O–H groups in total. The highest BCUT2D eigenvalue weighted by atomic mass is 35.5. The molecule has 0 amide bonds. The van der Waals surface area contributed by atoms with Gasteiger partial charge < -0.3 is 5.32 Å². The lowest BCUT2D eigenvalue weighted by molar-refractivity contribution is 0.0395. The molecule has 1 aromatic carbocycles. The Hall–Kier alpha value is -0.690. The number of nitrogens with zero attached hydrogens (tertiary/aromatic N) is 1. The van der Waals surface area contributed by atoms with Crippen molar-refractivity contribution in [2.24, 2.45) is 0 Å². The highest BCUT2D eigenvalue weighted by Gasteiger charge is 2.51. The predicted octanol–water partition coefficient (Wildman–Crippen LogP) is 2.00. The second kappa shape index (κ2) is 4.94. The minimum atomic E-state index is -3.82. The summed E-state index contributed by atoms with van der Waals surface area (Å²) in [6.45, 7) is 2.04. The third kappa shape index (κ3) is 2.06. The molecular weight excluding hydrogens is 303 g/mol. The Morgan fingerprint density at radius 2 is 1.95 bits per heavy atom. The van der Waals surface area contributed by atoms with E-state index in [-0.39, 0.29) is 15.5 Å². The molecule has 2 aliphatic rings. The predicted molar refractivity (Wildman–Crippen MR) is 74.8 cm³/mol. The zero-order valence-corrected chi connectivity index (χ0v) is 12.5. The Bertz CT molecular complexity index is 629. The van der Waals surface area contributed by atoms with E-state index in [0.717, 1.165) is 32.4 Å². The van der Waals surface area contributed by atoms with E-state index in [4.69, 9.17) is 11.6 Å². The summed E-state index contributed by atoms with van der Waals surface area (Å²) in [5, 5.41) is 3.06. The first-order chi connectivity index (χ1) is 9.47. The normalized spacial score (nSPS) is 22.7. The largest absolute Gasteiger partial charge is 0.317 e. The summed E-state index contributed by atoms with van der Waals surface area (Å²) in [5.74, 6) is -0.856. The monoisotopic (exact) mass is 318 g/mol. The summed E-state index contributed by atoms with van der Waals surface area (Å²) < 4.78 is 40.8. The van der Waals surface area contributed by atoms with Crippen LogP contribution in [0.2, 0.25) is 5.02 Å². The number of piperidine rings is 1. The molecule has 0 saturated carbocycles. The molecule has 0 bridgehead atoms. The Labute approximate surface area is 123 Å². The van der Waals surface area contributed by atoms with E-state index >= 15 is 0 Å². The van der Waals surface area contributed by atoms with Gasteiger partial charge in [-0.25, -0.2) is 12.8 Å². The van der Waals surface area contributed by atoms with Gasteiger partial charge in [0.15, 0.2) is 5.82 Å². The standard InChI is InChI=1S/C13H16ClFN2O2S/c14-10-2-1-3-11(12(10)15)20(18,19)17-9-6-13(17)4-7-16-8-5-13/h1-3,16H,4-9H2. The van der Waals surface area contributed by atoms with E-state index in [1.807, 2.05) is 0 Å². The fourth-order valence-electron chi connectivity index (χ4n) is 3.09. The third-order valence-corrected chi connectivity index (χ3v) is 6.64. The van der Waals surface area contributed by atoms with Crippen LogP contribution < -0.4 is 5.32 Å². The molecule has 0 aromatic heterocycles. The van der Waals surface area contributed by atoms with Crippen molar-refractivity contribution in [2.75, 3.05) is 19.6 Å². The van der Waals surface area contributed by atoms with Gasteiger partial charge in [-0.3, -0.25) is 0 Å². The van der Waals surface area contributed by atoms with Crippen LogP contribution in [0.15, 0.2) is 23.1 Å². The highest BCUT2D eigenvalue weighted by molar-refractivity contribution is 7.89. The van der Waals surface area contributed by atoms with Gasteiger partial charge in [-0.1, -0.05) is 17.7 Å². The van der Waals surface area contributed by atoms with Gasteiger partial charge in [0.05, 0.1) is 5.02 Å². The number of sulfonamides is 1. The summed E-state index contributed by atoms with van der Waals surface area (Å²) in [4.78, 5) is -0.317. The molecule has 4 nitrogen and oxygen atoms in total. The van der Waals surface area contributed by atoms with Gasteiger partial charge in [-0.05, 0) is 44.5 Å². The van der Waals surface area contributed by atoms with Gasteiger partial charge in [0.25, 0.3) is 0 Å². The Morgan fingerprint density at radius 1 is 1.25 bits per heavy atom. The number of halogens is 2. The molecule has 3 rings (SSSR count). The van der Waals surface area contributed by atoms with Crippen LogP contribution in [0.1, 0.15) is 19.3 Å². The smallest absolute Gasteiger partial charge is 0.246 e. The molecular formula is C13H16ClFN2O2S. The number of rotatable bonds is 2. The van der Waals surface area contributed by atoms with Crippen LogP contribution in [0.4, 0.5) is 4.39 Å². The van der Waals surface area contributed by atoms with E-state index < -0.39 is 15.8 Å². The lowest BCUT2D eigenvalue weighted by Crippen LogP contribution is -2.65. The van der Waals surface area contributed by atoms with Gasteiger partial charge in [0.1, 0.15) is 4.90 Å². The molecule has 0 unspecified atom stereocenters. The lowest BCUT2D eigenvalue weighted by atomic mass is 9.79.